The predicted molar refractivity (Wildman–Crippen MR) is 78.5 cm³/mol. The van der Waals surface area contributed by atoms with Gasteiger partial charge in [-0.25, -0.2) is 0 Å². The maximum absolute atomic E-state index is 12.4. The molecule has 0 fully saturated rings. The molecule has 112 valence electrons. The number of aromatic nitrogens is 1. The van der Waals surface area contributed by atoms with E-state index in [4.69, 9.17) is 5.11 Å². The van der Waals surface area contributed by atoms with E-state index in [1.54, 1.807) is 6.07 Å². The van der Waals surface area contributed by atoms with Crippen LogP contribution in [0.25, 0.3) is 0 Å². The molecule has 0 bridgehead atoms. The third-order valence-corrected chi connectivity index (χ3v) is 2.69. The minimum atomic E-state index is -0.263. The molecule has 1 heterocycles. The minimum Gasteiger partial charge on any atom is -0.384 e. The van der Waals surface area contributed by atoms with Gasteiger partial charge in [-0.15, -0.1) is 0 Å². The van der Waals surface area contributed by atoms with Gasteiger partial charge in [0.25, 0.3) is 5.91 Å². The van der Waals surface area contributed by atoms with Crippen molar-refractivity contribution in [2.24, 2.45) is 0 Å². The first-order chi connectivity index (χ1) is 10.1. The lowest BCUT2D eigenvalue weighted by Crippen LogP contribution is -2.40. The molecule has 0 radical (unpaired) electrons. The molecule has 21 heavy (non-hydrogen) atoms. The van der Waals surface area contributed by atoms with Gasteiger partial charge in [-0.05, 0) is 12.5 Å². The first kappa shape index (κ1) is 16.7. The molecule has 0 saturated heterocycles. The summed E-state index contributed by atoms with van der Waals surface area (Å²) in [6.07, 6.45) is 3.71. The van der Waals surface area contributed by atoms with Crippen LogP contribution in [-0.2, 0) is 4.79 Å². The lowest BCUT2D eigenvalue weighted by atomic mass is 10.2. The summed E-state index contributed by atoms with van der Waals surface area (Å²) in [5, 5.41) is 11.2. The SMILES string of the molecule is CCCN(CC(=O)NC)C(=O)c1cncc(C#CCO)c1. The van der Waals surface area contributed by atoms with Crippen molar-refractivity contribution in [3.63, 3.8) is 0 Å². The molecule has 6 heteroatoms. The van der Waals surface area contributed by atoms with Crippen molar-refractivity contribution < 1.29 is 14.7 Å². The Morgan fingerprint density at radius 2 is 2.19 bits per heavy atom. The van der Waals surface area contributed by atoms with Gasteiger partial charge in [0.15, 0.2) is 0 Å². The van der Waals surface area contributed by atoms with Crippen LogP contribution < -0.4 is 5.32 Å². The van der Waals surface area contributed by atoms with Crippen LogP contribution >= 0.6 is 0 Å². The molecule has 1 rings (SSSR count). The summed E-state index contributed by atoms with van der Waals surface area (Å²) in [5.74, 6) is 4.72. The van der Waals surface area contributed by atoms with Crippen molar-refractivity contribution in [2.45, 2.75) is 13.3 Å². The summed E-state index contributed by atoms with van der Waals surface area (Å²) in [4.78, 5) is 29.3. The molecule has 0 unspecified atom stereocenters. The summed E-state index contributed by atoms with van der Waals surface area (Å²) in [5.41, 5.74) is 0.920. The van der Waals surface area contributed by atoms with Crippen molar-refractivity contribution in [2.75, 3.05) is 26.7 Å². The zero-order valence-electron chi connectivity index (χ0n) is 12.2. The Hall–Kier alpha value is -2.39. The van der Waals surface area contributed by atoms with Crippen LogP contribution in [0.4, 0.5) is 0 Å². The second-order valence-electron chi connectivity index (χ2n) is 4.32. The number of nitrogens with one attached hydrogen (secondary N) is 1. The molecule has 0 atom stereocenters. The molecule has 0 saturated carbocycles. The number of aliphatic hydroxyl groups excluding tert-OH is 1. The molecular formula is C15H19N3O3. The lowest BCUT2D eigenvalue weighted by molar-refractivity contribution is -0.121. The molecule has 0 aromatic carbocycles. The van der Waals surface area contributed by atoms with Crippen molar-refractivity contribution in [3.8, 4) is 11.8 Å². The third kappa shape index (κ3) is 5.24. The summed E-state index contributed by atoms with van der Waals surface area (Å²) >= 11 is 0. The van der Waals surface area contributed by atoms with Gasteiger partial charge in [0.1, 0.15) is 6.61 Å². The fourth-order valence-corrected chi connectivity index (χ4v) is 1.72. The van der Waals surface area contributed by atoms with Crippen molar-refractivity contribution in [1.82, 2.24) is 15.2 Å². The molecule has 2 amide bonds. The van der Waals surface area contributed by atoms with Crippen molar-refractivity contribution in [1.29, 1.82) is 0 Å². The van der Waals surface area contributed by atoms with Crippen molar-refractivity contribution in [3.05, 3.63) is 29.6 Å². The number of carbonyl (C=O) groups excluding carboxylic acids is 2. The van der Waals surface area contributed by atoms with Gasteiger partial charge in [0.2, 0.25) is 5.91 Å². The first-order valence-electron chi connectivity index (χ1n) is 6.67. The number of nitrogens with zero attached hydrogens (tertiary/aromatic N) is 2. The van der Waals surface area contributed by atoms with Crippen LogP contribution in [0.5, 0.6) is 0 Å². The van der Waals surface area contributed by atoms with E-state index in [1.165, 1.54) is 24.3 Å². The van der Waals surface area contributed by atoms with E-state index in [9.17, 15) is 9.59 Å². The fraction of sp³-hybridized carbons (Fsp3) is 0.400. The van der Waals surface area contributed by atoms with E-state index in [0.29, 0.717) is 17.7 Å². The monoisotopic (exact) mass is 289 g/mol. The second-order valence-corrected chi connectivity index (χ2v) is 4.32. The Morgan fingerprint density at radius 3 is 2.81 bits per heavy atom. The van der Waals surface area contributed by atoms with Gasteiger partial charge in [0, 0.05) is 31.5 Å². The van der Waals surface area contributed by atoms with E-state index >= 15 is 0 Å². The Bertz CT molecular complexity index is 561. The minimum absolute atomic E-state index is 0.00964. The van der Waals surface area contributed by atoms with Crippen LogP contribution in [0.1, 0.15) is 29.3 Å². The van der Waals surface area contributed by atoms with Crippen LogP contribution in [-0.4, -0.2) is 53.5 Å². The summed E-state index contributed by atoms with van der Waals surface area (Å²) in [7, 11) is 1.53. The number of rotatable bonds is 5. The molecule has 0 aliphatic carbocycles. The summed E-state index contributed by atoms with van der Waals surface area (Å²) in [6, 6.07) is 1.60. The van der Waals surface area contributed by atoms with Crippen molar-refractivity contribution >= 4 is 11.8 Å². The standard InChI is InChI=1S/C15H19N3O3/c1-3-6-18(11-14(20)16-2)15(21)13-8-12(5-4-7-19)9-17-10-13/h8-10,19H,3,6-7,11H2,1-2H3,(H,16,20). The highest BCUT2D eigenvalue weighted by atomic mass is 16.2. The van der Waals surface area contributed by atoms with Crippen LogP contribution in [0.15, 0.2) is 18.5 Å². The fourth-order valence-electron chi connectivity index (χ4n) is 1.72. The third-order valence-electron chi connectivity index (χ3n) is 2.69. The number of hydrogen-bond acceptors (Lipinski definition) is 4. The quantitative estimate of drug-likeness (QED) is 0.749. The topological polar surface area (TPSA) is 82.5 Å². The van der Waals surface area contributed by atoms with Crippen LogP contribution in [0.2, 0.25) is 0 Å². The average Bonchev–Trinajstić information content (AvgIpc) is 2.51. The highest BCUT2D eigenvalue weighted by Gasteiger charge is 2.18. The largest absolute Gasteiger partial charge is 0.384 e. The van der Waals surface area contributed by atoms with E-state index in [1.807, 2.05) is 6.92 Å². The molecule has 0 spiro atoms. The molecule has 2 N–H and O–H groups in total. The maximum Gasteiger partial charge on any atom is 0.255 e. The molecule has 1 aromatic rings. The maximum atomic E-state index is 12.4. The molecule has 0 aliphatic heterocycles. The Labute approximate surface area is 124 Å². The van der Waals surface area contributed by atoms with Gasteiger partial charge in [-0.3, -0.25) is 14.6 Å². The summed E-state index contributed by atoms with van der Waals surface area (Å²) in [6.45, 7) is 2.18. The normalized spacial score (nSPS) is 9.48. The molecule has 6 nitrogen and oxygen atoms in total. The van der Waals surface area contributed by atoms with E-state index in [-0.39, 0.29) is 25.0 Å². The number of amides is 2. The number of carbonyl (C=O) groups is 2. The van der Waals surface area contributed by atoms with Gasteiger partial charge >= 0.3 is 0 Å². The second kappa shape index (κ2) is 8.72. The summed E-state index contributed by atoms with van der Waals surface area (Å²) < 4.78 is 0. The van der Waals surface area contributed by atoms with E-state index < -0.39 is 0 Å². The zero-order valence-corrected chi connectivity index (χ0v) is 12.2. The predicted octanol–water partition coefficient (Wildman–Crippen LogP) is 0.0236. The van der Waals surface area contributed by atoms with E-state index in [0.717, 1.165) is 6.42 Å². The van der Waals surface area contributed by atoms with Gasteiger partial charge in [-0.1, -0.05) is 18.8 Å². The number of aliphatic hydroxyl groups is 1. The smallest absolute Gasteiger partial charge is 0.255 e. The lowest BCUT2D eigenvalue weighted by Gasteiger charge is -2.21. The molecule has 0 aliphatic rings. The number of hydrogen-bond donors (Lipinski definition) is 2. The van der Waals surface area contributed by atoms with Crippen LogP contribution in [0.3, 0.4) is 0 Å². The van der Waals surface area contributed by atoms with Gasteiger partial charge < -0.3 is 15.3 Å². The number of likely N-dealkylation sites (N-methyl/N-ethyl adjacent to an activating group) is 1. The average molecular weight is 289 g/mol. The zero-order chi connectivity index (χ0) is 15.7. The molecular weight excluding hydrogens is 270 g/mol. The first-order valence-corrected chi connectivity index (χ1v) is 6.67. The van der Waals surface area contributed by atoms with Gasteiger partial charge in [-0.2, -0.15) is 0 Å². The number of pyridine rings is 1. The Kier molecular flexibility index (Phi) is 6.92. The van der Waals surface area contributed by atoms with Crippen LogP contribution in [0, 0.1) is 11.8 Å². The molecule has 1 aromatic heterocycles. The highest BCUT2D eigenvalue weighted by molar-refractivity contribution is 5.96. The van der Waals surface area contributed by atoms with E-state index in [2.05, 4.69) is 22.1 Å². The Morgan fingerprint density at radius 1 is 1.43 bits per heavy atom. The highest BCUT2D eigenvalue weighted by Crippen LogP contribution is 2.07. The van der Waals surface area contributed by atoms with Gasteiger partial charge in [0.05, 0.1) is 12.1 Å². The Balaban J connectivity index is 2.94.